The van der Waals surface area contributed by atoms with Crippen molar-refractivity contribution in [2.45, 2.75) is 12.8 Å². The lowest BCUT2D eigenvalue weighted by Crippen LogP contribution is -2.06. The van der Waals surface area contributed by atoms with Gasteiger partial charge in [-0.3, -0.25) is 9.59 Å². The van der Waals surface area contributed by atoms with E-state index in [1.807, 2.05) is 0 Å². The predicted octanol–water partition coefficient (Wildman–Crippen LogP) is 1.53. The van der Waals surface area contributed by atoms with Crippen LogP contribution in [0.4, 0.5) is 0 Å². The molecule has 0 heterocycles. The number of Topliss-reactive ketones (excluding diaryl/α,β-unsaturated/α-hetero) is 1. The molecule has 80 valence electrons. The lowest BCUT2D eigenvalue weighted by molar-refractivity contribution is -0.140. The number of hydrogen-bond donors (Lipinski definition) is 1. The molecule has 1 aromatic carbocycles. The quantitative estimate of drug-likeness (QED) is 0.602. The van der Waals surface area contributed by atoms with Crippen LogP contribution in [0.5, 0.6) is 5.75 Å². The summed E-state index contributed by atoms with van der Waals surface area (Å²) < 4.78 is 4.41. The van der Waals surface area contributed by atoms with Crippen LogP contribution in [0.1, 0.15) is 23.2 Å². The first-order valence-electron chi connectivity index (χ1n) is 4.53. The Labute approximate surface area is 87.5 Å². The molecule has 0 bridgehead atoms. The maximum absolute atomic E-state index is 11.5. The fraction of sp³-hybridized carbons (Fsp3) is 0.273. The van der Waals surface area contributed by atoms with E-state index in [1.54, 1.807) is 12.1 Å². The number of phenols is 1. The second-order valence-electron chi connectivity index (χ2n) is 3.02. The van der Waals surface area contributed by atoms with Crippen molar-refractivity contribution in [2.75, 3.05) is 7.11 Å². The van der Waals surface area contributed by atoms with Gasteiger partial charge in [0.05, 0.1) is 19.1 Å². The summed E-state index contributed by atoms with van der Waals surface area (Å²) in [6, 6.07) is 6.25. The molecule has 0 atom stereocenters. The van der Waals surface area contributed by atoms with E-state index in [1.165, 1.54) is 19.2 Å². The molecular formula is C11H12O4. The Bertz CT molecular complexity index is 371. The van der Waals surface area contributed by atoms with Gasteiger partial charge in [-0.25, -0.2) is 0 Å². The number of aromatic hydroxyl groups is 1. The standard InChI is InChI=1S/C11H12O4/c1-15-11(14)7-6-10(13)8-4-2-3-5-9(8)12/h2-5,12H,6-7H2,1H3. The number of phenolic OH excluding ortho intramolecular Hbond substituents is 1. The summed E-state index contributed by atoms with van der Waals surface area (Å²) in [7, 11) is 1.27. The summed E-state index contributed by atoms with van der Waals surface area (Å²) in [5.74, 6) is -0.760. The zero-order valence-corrected chi connectivity index (χ0v) is 8.40. The van der Waals surface area contributed by atoms with Crippen molar-refractivity contribution in [3.8, 4) is 5.75 Å². The maximum atomic E-state index is 11.5. The average molecular weight is 208 g/mol. The second kappa shape index (κ2) is 5.14. The minimum atomic E-state index is -0.432. The zero-order chi connectivity index (χ0) is 11.3. The molecule has 0 aliphatic heterocycles. The largest absolute Gasteiger partial charge is 0.507 e. The van der Waals surface area contributed by atoms with Crippen molar-refractivity contribution >= 4 is 11.8 Å². The van der Waals surface area contributed by atoms with Gasteiger partial charge >= 0.3 is 5.97 Å². The van der Waals surface area contributed by atoms with E-state index in [0.29, 0.717) is 0 Å². The fourth-order valence-electron chi connectivity index (χ4n) is 1.16. The lowest BCUT2D eigenvalue weighted by atomic mass is 10.1. The molecule has 0 radical (unpaired) electrons. The van der Waals surface area contributed by atoms with E-state index in [4.69, 9.17) is 0 Å². The van der Waals surface area contributed by atoms with Crippen LogP contribution in [-0.2, 0) is 9.53 Å². The third-order valence-electron chi connectivity index (χ3n) is 1.99. The highest BCUT2D eigenvalue weighted by molar-refractivity contribution is 5.99. The van der Waals surface area contributed by atoms with Gasteiger partial charge in [0.15, 0.2) is 5.78 Å². The Morgan fingerprint density at radius 2 is 1.93 bits per heavy atom. The zero-order valence-electron chi connectivity index (χ0n) is 8.40. The van der Waals surface area contributed by atoms with Crippen molar-refractivity contribution in [1.82, 2.24) is 0 Å². The first kappa shape index (κ1) is 11.2. The van der Waals surface area contributed by atoms with Crippen LogP contribution in [0.2, 0.25) is 0 Å². The number of carbonyl (C=O) groups is 2. The van der Waals surface area contributed by atoms with Crippen LogP contribution in [0, 0.1) is 0 Å². The summed E-state index contributed by atoms with van der Waals surface area (Å²) in [5, 5.41) is 9.37. The molecule has 0 aromatic heterocycles. The monoisotopic (exact) mass is 208 g/mol. The molecule has 1 rings (SSSR count). The van der Waals surface area contributed by atoms with E-state index >= 15 is 0 Å². The molecule has 4 heteroatoms. The molecule has 4 nitrogen and oxygen atoms in total. The number of hydrogen-bond acceptors (Lipinski definition) is 4. The SMILES string of the molecule is COC(=O)CCC(=O)c1ccccc1O. The Morgan fingerprint density at radius 3 is 2.53 bits per heavy atom. The highest BCUT2D eigenvalue weighted by atomic mass is 16.5. The number of rotatable bonds is 4. The van der Waals surface area contributed by atoms with Crippen LogP contribution in [0.15, 0.2) is 24.3 Å². The Morgan fingerprint density at radius 1 is 1.27 bits per heavy atom. The molecule has 0 aliphatic rings. The van der Waals surface area contributed by atoms with Crippen molar-refractivity contribution in [3.05, 3.63) is 29.8 Å². The molecule has 0 unspecified atom stereocenters. The average Bonchev–Trinajstić information content (AvgIpc) is 2.26. The molecule has 1 aromatic rings. The number of benzene rings is 1. The van der Waals surface area contributed by atoms with E-state index in [-0.39, 0.29) is 29.9 Å². The molecule has 0 fully saturated rings. The molecule has 0 amide bonds. The van der Waals surface area contributed by atoms with Gasteiger partial charge in [-0.05, 0) is 12.1 Å². The minimum absolute atomic E-state index is 0.0314. The number of ketones is 1. The summed E-state index contributed by atoms with van der Waals surface area (Å²) >= 11 is 0. The third kappa shape index (κ3) is 3.09. The Kier molecular flexibility index (Phi) is 3.85. The van der Waals surface area contributed by atoms with Crippen LogP contribution in [-0.4, -0.2) is 24.0 Å². The molecule has 0 saturated carbocycles. The number of para-hydroxylation sites is 1. The van der Waals surface area contributed by atoms with Crippen LogP contribution in [0.25, 0.3) is 0 Å². The van der Waals surface area contributed by atoms with Crippen molar-refractivity contribution in [2.24, 2.45) is 0 Å². The smallest absolute Gasteiger partial charge is 0.305 e. The van der Waals surface area contributed by atoms with Gasteiger partial charge in [0, 0.05) is 6.42 Å². The lowest BCUT2D eigenvalue weighted by Gasteiger charge is -2.02. The number of esters is 1. The van der Waals surface area contributed by atoms with Gasteiger partial charge in [0.25, 0.3) is 0 Å². The normalized spacial score (nSPS) is 9.67. The van der Waals surface area contributed by atoms with Gasteiger partial charge in [-0.2, -0.15) is 0 Å². The minimum Gasteiger partial charge on any atom is -0.507 e. The van der Waals surface area contributed by atoms with Gasteiger partial charge in [-0.15, -0.1) is 0 Å². The van der Waals surface area contributed by atoms with Gasteiger partial charge in [0.2, 0.25) is 0 Å². The van der Waals surface area contributed by atoms with Crippen LogP contribution < -0.4 is 0 Å². The number of ether oxygens (including phenoxy) is 1. The van der Waals surface area contributed by atoms with Crippen LogP contribution >= 0.6 is 0 Å². The van der Waals surface area contributed by atoms with E-state index in [2.05, 4.69) is 4.74 Å². The van der Waals surface area contributed by atoms with Crippen molar-refractivity contribution < 1.29 is 19.4 Å². The maximum Gasteiger partial charge on any atom is 0.305 e. The number of carbonyl (C=O) groups excluding carboxylic acids is 2. The Balaban J connectivity index is 2.62. The highest BCUT2D eigenvalue weighted by Crippen LogP contribution is 2.17. The molecular weight excluding hydrogens is 196 g/mol. The Hall–Kier alpha value is -1.84. The van der Waals surface area contributed by atoms with E-state index in [9.17, 15) is 14.7 Å². The predicted molar refractivity (Wildman–Crippen MR) is 53.7 cm³/mol. The van der Waals surface area contributed by atoms with E-state index < -0.39 is 5.97 Å². The molecule has 0 saturated heterocycles. The number of methoxy groups -OCH3 is 1. The summed E-state index contributed by atoms with van der Waals surface area (Å²) in [4.78, 5) is 22.3. The third-order valence-corrected chi connectivity index (χ3v) is 1.99. The van der Waals surface area contributed by atoms with Gasteiger partial charge in [-0.1, -0.05) is 12.1 Å². The van der Waals surface area contributed by atoms with Crippen molar-refractivity contribution in [1.29, 1.82) is 0 Å². The van der Waals surface area contributed by atoms with Crippen molar-refractivity contribution in [3.63, 3.8) is 0 Å². The summed E-state index contributed by atoms with van der Waals surface area (Å²) in [6.07, 6.45) is 0.0773. The van der Waals surface area contributed by atoms with Crippen LogP contribution in [0.3, 0.4) is 0 Å². The van der Waals surface area contributed by atoms with Gasteiger partial charge in [0.1, 0.15) is 5.75 Å². The summed E-state index contributed by atoms with van der Waals surface area (Å²) in [6.45, 7) is 0. The van der Waals surface area contributed by atoms with E-state index in [0.717, 1.165) is 0 Å². The topological polar surface area (TPSA) is 63.6 Å². The molecule has 1 N–H and O–H groups in total. The molecule has 15 heavy (non-hydrogen) atoms. The fourth-order valence-corrected chi connectivity index (χ4v) is 1.16. The highest BCUT2D eigenvalue weighted by Gasteiger charge is 2.12. The summed E-state index contributed by atoms with van der Waals surface area (Å²) in [5.41, 5.74) is 0.237. The van der Waals surface area contributed by atoms with Gasteiger partial charge < -0.3 is 9.84 Å². The molecule has 0 spiro atoms. The second-order valence-corrected chi connectivity index (χ2v) is 3.02. The first-order chi connectivity index (χ1) is 7.15. The molecule has 0 aliphatic carbocycles. The first-order valence-corrected chi connectivity index (χ1v) is 4.53.